The SMILES string of the molecule is CN=C(NCc1nccn1C)NC1CN(C2CC2)CC1C.I. The molecule has 2 unspecified atom stereocenters. The fraction of sp³-hybridized carbons (Fsp3) is 0.733. The maximum Gasteiger partial charge on any atom is 0.191 e. The van der Waals surface area contributed by atoms with E-state index in [4.69, 9.17) is 0 Å². The van der Waals surface area contributed by atoms with Crippen LogP contribution in [0.3, 0.4) is 0 Å². The number of nitrogens with one attached hydrogen (secondary N) is 2. The van der Waals surface area contributed by atoms with Crippen LogP contribution in [-0.4, -0.2) is 52.6 Å². The van der Waals surface area contributed by atoms with E-state index in [0.29, 0.717) is 18.5 Å². The highest BCUT2D eigenvalue weighted by molar-refractivity contribution is 14.0. The number of imidazole rings is 1. The Morgan fingerprint density at radius 3 is 2.77 bits per heavy atom. The second-order valence-electron chi connectivity index (χ2n) is 6.29. The molecule has 3 rings (SSSR count). The number of hydrogen-bond acceptors (Lipinski definition) is 3. The Labute approximate surface area is 149 Å². The lowest BCUT2D eigenvalue weighted by atomic mass is 10.1. The molecule has 0 spiro atoms. The lowest BCUT2D eigenvalue weighted by Crippen LogP contribution is -2.46. The molecule has 2 aliphatic rings. The minimum absolute atomic E-state index is 0. The van der Waals surface area contributed by atoms with Gasteiger partial charge in [-0.05, 0) is 18.8 Å². The van der Waals surface area contributed by atoms with E-state index < -0.39 is 0 Å². The summed E-state index contributed by atoms with van der Waals surface area (Å²) in [6, 6.07) is 1.33. The van der Waals surface area contributed by atoms with Gasteiger partial charge < -0.3 is 15.2 Å². The Morgan fingerprint density at radius 1 is 1.41 bits per heavy atom. The molecule has 0 aromatic carbocycles. The highest BCUT2D eigenvalue weighted by atomic mass is 127. The smallest absolute Gasteiger partial charge is 0.191 e. The van der Waals surface area contributed by atoms with Gasteiger partial charge in [-0.25, -0.2) is 4.98 Å². The number of hydrogen-bond donors (Lipinski definition) is 2. The first-order chi connectivity index (χ1) is 10.2. The predicted octanol–water partition coefficient (Wildman–Crippen LogP) is 1.19. The highest BCUT2D eigenvalue weighted by Gasteiger charge is 2.38. The van der Waals surface area contributed by atoms with E-state index in [1.807, 2.05) is 31.1 Å². The van der Waals surface area contributed by atoms with Crippen molar-refractivity contribution in [2.45, 2.75) is 38.4 Å². The molecule has 124 valence electrons. The van der Waals surface area contributed by atoms with Gasteiger partial charge in [0.05, 0.1) is 6.54 Å². The van der Waals surface area contributed by atoms with Crippen molar-refractivity contribution < 1.29 is 0 Å². The van der Waals surface area contributed by atoms with Gasteiger partial charge in [0, 0.05) is 51.7 Å². The van der Waals surface area contributed by atoms with Crippen molar-refractivity contribution >= 4 is 29.9 Å². The van der Waals surface area contributed by atoms with Gasteiger partial charge in [-0.2, -0.15) is 0 Å². The quantitative estimate of drug-likeness (QED) is 0.438. The average molecular weight is 418 g/mol. The van der Waals surface area contributed by atoms with E-state index >= 15 is 0 Å². The second kappa shape index (κ2) is 7.63. The van der Waals surface area contributed by atoms with E-state index in [1.54, 1.807) is 0 Å². The van der Waals surface area contributed by atoms with Crippen molar-refractivity contribution in [3.05, 3.63) is 18.2 Å². The third-order valence-corrected chi connectivity index (χ3v) is 4.58. The van der Waals surface area contributed by atoms with Crippen LogP contribution in [0.2, 0.25) is 0 Å². The Hall–Kier alpha value is -0.830. The molecule has 0 bridgehead atoms. The third kappa shape index (κ3) is 4.13. The lowest BCUT2D eigenvalue weighted by Gasteiger charge is -2.20. The number of aromatic nitrogens is 2. The third-order valence-electron chi connectivity index (χ3n) is 4.58. The zero-order valence-corrected chi connectivity index (χ0v) is 15.9. The van der Waals surface area contributed by atoms with Crippen LogP contribution in [0, 0.1) is 5.92 Å². The Morgan fingerprint density at radius 2 is 2.18 bits per heavy atom. The van der Waals surface area contributed by atoms with Gasteiger partial charge in [0.15, 0.2) is 5.96 Å². The van der Waals surface area contributed by atoms with Crippen molar-refractivity contribution in [1.29, 1.82) is 0 Å². The van der Waals surface area contributed by atoms with E-state index in [1.165, 1.54) is 19.4 Å². The fourth-order valence-electron chi connectivity index (χ4n) is 3.03. The van der Waals surface area contributed by atoms with Crippen LogP contribution in [0.4, 0.5) is 0 Å². The lowest BCUT2D eigenvalue weighted by molar-refractivity contribution is 0.315. The summed E-state index contributed by atoms with van der Waals surface area (Å²) in [6.07, 6.45) is 6.54. The number of guanidine groups is 1. The maximum atomic E-state index is 4.34. The van der Waals surface area contributed by atoms with Crippen LogP contribution in [-0.2, 0) is 13.6 Å². The van der Waals surface area contributed by atoms with Crippen molar-refractivity contribution in [2.24, 2.45) is 18.0 Å². The Balaban J connectivity index is 0.00000176. The van der Waals surface area contributed by atoms with Gasteiger partial charge in [0.2, 0.25) is 0 Å². The molecule has 0 amide bonds. The second-order valence-corrected chi connectivity index (χ2v) is 6.29. The first kappa shape index (κ1) is 17.5. The molecule has 1 aliphatic carbocycles. The van der Waals surface area contributed by atoms with Crippen LogP contribution in [0.15, 0.2) is 17.4 Å². The zero-order chi connectivity index (χ0) is 14.8. The van der Waals surface area contributed by atoms with Gasteiger partial charge in [-0.1, -0.05) is 6.92 Å². The monoisotopic (exact) mass is 418 g/mol. The molecule has 0 radical (unpaired) electrons. The van der Waals surface area contributed by atoms with Crippen LogP contribution in [0.25, 0.3) is 0 Å². The van der Waals surface area contributed by atoms with Crippen molar-refractivity contribution in [1.82, 2.24) is 25.1 Å². The summed E-state index contributed by atoms with van der Waals surface area (Å²) in [6.45, 7) is 5.36. The summed E-state index contributed by atoms with van der Waals surface area (Å²) in [4.78, 5) is 11.3. The number of aliphatic imine (C=N–C) groups is 1. The minimum atomic E-state index is 0. The normalized spacial score (nSPS) is 25.9. The first-order valence-electron chi connectivity index (χ1n) is 7.85. The van der Waals surface area contributed by atoms with Gasteiger partial charge in [0.25, 0.3) is 0 Å². The maximum absolute atomic E-state index is 4.34. The van der Waals surface area contributed by atoms with Gasteiger partial charge >= 0.3 is 0 Å². The molecule has 2 heterocycles. The first-order valence-corrected chi connectivity index (χ1v) is 7.85. The van der Waals surface area contributed by atoms with Crippen molar-refractivity contribution in [3.8, 4) is 0 Å². The molecule has 1 saturated heterocycles. The van der Waals surface area contributed by atoms with Gasteiger partial charge in [-0.15, -0.1) is 24.0 Å². The largest absolute Gasteiger partial charge is 0.352 e. The number of likely N-dealkylation sites (tertiary alicyclic amines) is 1. The van der Waals surface area contributed by atoms with Crippen LogP contribution < -0.4 is 10.6 Å². The highest BCUT2D eigenvalue weighted by Crippen LogP contribution is 2.31. The average Bonchev–Trinajstić information content (AvgIpc) is 3.15. The predicted molar refractivity (Wildman–Crippen MR) is 99.5 cm³/mol. The standard InChI is InChI=1S/C15H26N6.HI/c1-11-9-21(12-4-5-12)10-13(11)19-15(16-2)18-8-14-17-6-7-20(14)3;/h6-7,11-13H,4-5,8-10H2,1-3H3,(H2,16,18,19);1H. The molecule has 1 aromatic rings. The summed E-state index contributed by atoms with van der Waals surface area (Å²) in [5.41, 5.74) is 0. The van der Waals surface area contributed by atoms with Gasteiger partial charge in [0.1, 0.15) is 5.82 Å². The molecule has 1 aromatic heterocycles. The molecule has 2 atom stereocenters. The van der Waals surface area contributed by atoms with Crippen LogP contribution in [0.5, 0.6) is 0 Å². The molecule has 2 N–H and O–H groups in total. The Kier molecular flexibility index (Phi) is 6.08. The molecular weight excluding hydrogens is 391 g/mol. The zero-order valence-electron chi connectivity index (χ0n) is 13.6. The molecule has 2 fully saturated rings. The minimum Gasteiger partial charge on any atom is -0.352 e. The molecule has 1 saturated carbocycles. The Bertz CT molecular complexity index is 510. The summed E-state index contributed by atoms with van der Waals surface area (Å²) in [5, 5.41) is 6.93. The van der Waals surface area contributed by atoms with E-state index in [9.17, 15) is 0 Å². The van der Waals surface area contributed by atoms with Crippen LogP contribution in [0.1, 0.15) is 25.6 Å². The van der Waals surface area contributed by atoms with Crippen LogP contribution >= 0.6 is 24.0 Å². The summed E-state index contributed by atoms with van der Waals surface area (Å²) >= 11 is 0. The molecule has 1 aliphatic heterocycles. The van der Waals surface area contributed by atoms with Crippen molar-refractivity contribution in [3.63, 3.8) is 0 Å². The van der Waals surface area contributed by atoms with E-state index in [2.05, 4.69) is 32.4 Å². The molecule has 22 heavy (non-hydrogen) atoms. The van der Waals surface area contributed by atoms with Crippen molar-refractivity contribution in [2.75, 3.05) is 20.1 Å². The number of nitrogens with zero attached hydrogens (tertiary/aromatic N) is 4. The molecule has 6 nitrogen and oxygen atoms in total. The summed E-state index contributed by atoms with van der Waals surface area (Å²) in [5.74, 6) is 2.54. The van der Waals surface area contributed by atoms with Gasteiger partial charge in [-0.3, -0.25) is 9.89 Å². The fourth-order valence-corrected chi connectivity index (χ4v) is 3.03. The number of aryl methyl sites for hydroxylation is 1. The number of rotatable bonds is 4. The molecule has 7 heteroatoms. The van der Waals surface area contributed by atoms with E-state index in [-0.39, 0.29) is 24.0 Å². The summed E-state index contributed by atoms with van der Waals surface area (Å²) in [7, 11) is 3.83. The topological polar surface area (TPSA) is 57.5 Å². The summed E-state index contributed by atoms with van der Waals surface area (Å²) < 4.78 is 2.02. The van der Waals surface area contributed by atoms with E-state index in [0.717, 1.165) is 24.4 Å². The molecular formula is C15H27IN6. The number of halogens is 1.